The van der Waals surface area contributed by atoms with Crippen molar-refractivity contribution in [3.8, 4) is 0 Å². The Kier molecular flexibility index (Phi) is 6.06. The van der Waals surface area contributed by atoms with E-state index in [9.17, 15) is 14.4 Å². The molecule has 0 bridgehead atoms. The standard InChI is InChI=1S/C21H22N2O5/c1-14-17(20(25)23-8-10-28-11-9-23)6-3-7-18(14)22-19(24)13-15-4-2-5-16(12-15)21(26)27/h2-7,12H,8-11,13H2,1H3,(H,22,24)(H,26,27). The quantitative estimate of drug-likeness (QED) is 0.828. The minimum absolute atomic E-state index is 0.0438. The summed E-state index contributed by atoms with van der Waals surface area (Å²) in [6, 6.07) is 11.5. The van der Waals surface area contributed by atoms with Gasteiger partial charge < -0.3 is 20.1 Å². The van der Waals surface area contributed by atoms with Gasteiger partial charge in [-0.1, -0.05) is 18.2 Å². The zero-order chi connectivity index (χ0) is 20.1. The lowest BCUT2D eigenvalue weighted by Gasteiger charge is -2.27. The molecule has 7 nitrogen and oxygen atoms in total. The van der Waals surface area contributed by atoms with Crippen molar-refractivity contribution >= 4 is 23.5 Å². The number of morpholine rings is 1. The molecule has 2 N–H and O–H groups in total. The van der Waals surface area contributed by atoms with Crippen molar-refractivity contribution in [1.82, 2.24) is 4.90 Å². The fourth-order valence-corrected chi connectivity index (χ4v) is 3.13. The van der Waals surface area contributed by atoms with Crippen molar-refractivity contribution in [2.24, 2.45) is 0 Å². The highest BCUT2D eigenvalue weighted by atomic mass is 16.5. The topological polar surface area (TPSA) is 95.9 Å². The van der Waals surface area contributed by atoms with Gasteiger partial charge in [-0.2, -0.15) is 0 Å². The second-order valence-corrected chi connectivity index (χ2v) is 6.61. The Bertz CT molecular complexity index is 903. The van der Waals surface area contributed by atoms with Crippen molar-refractivity contribution in [2.45, 2.75) is 13.3 Å². The summed E-state index contributed by atoms with van der Waals surface area (Å²) in [5.74, 6) is -1.39. The number of carbonyl (C=O) groups is 3. The second-order valence-electron chi connectivity index (χ2n) is 6.61. The van der Waals surface area contributed by atoms with E-state index in [4.69, 9.17) is 9.84 Å². The molecule has 28 heavy (non-hydrogen) atoms. The Morgan fingerprint density at radius 2 is 1.82 bits per heavy atom. The first kappa shape index (κ1) is 19.6. The van der Waals surface area contributed by atoms with Gasteiger partial charge in [-0.3, -0.25) is 9.59 Å². The van der Waals surface area contributed by atoms with E-state index < -0.39 is 5.97 Å². The molecule has 2 amide bonds. The molecule has 146 valence electrons. The third-order valence-corrected chi connectivity index (χ3v) is 4.68. The Labute approximate surface area is 162 Å². The van der Waals surface area contributed by atoms with Crippen molar-refractivity contribution in [3.05, 3.63) is 64.7 Å². The fourth-order valence-electron chi connectivity index (χ4n) is 3.13. The van der Waals surface area contributed by atoms with Gasteiger partial charge in [0.25, 0.3) is 5.91 Å². The van der Waals surface area contributed by atoms with Gasteiger partial charge in [0, 0.05) is 24.3 Å². The van der Waals surface area contributed by atoms with Crippen LogP contribution in [0, 0.1) is 6.92 Å². The van der Waals surface area contributed by atoms with E-state index in [0.29, 0.717) is 48.7 Å². The number of nitrogens with zero attached hydrogens (tertiary/aromatic N) is 1. The molecule has 1 aliphatic heterocycles. The molecule has 0 atom stereocenters. The maximum atomic E-state index is 12.8. The Hall–Kier alpha value is -3.19. The number of ether oxygens (including phenoxy) is 1. The molecule has 0 radical (unpaired) electrons. The molecule has 0 unspecified atom stereocenters. The lowest BCUT2D eigenvalue weighted by atomic mass is 10.0. The number of hydrogen-bond donors (Lipinski definition) is 2. The van der Waals surface area contributed by atoms with Gasteiger partial charge in [-0.15, -0.1) is 0 Å². The van der Waals surface area contributed by atoms with Gasteiger partial charge in [0.05, 0.1) is 25.2 Å². The summed E-state index contributed by atoms with van der Waals surface area (Å²) in [6.07, 6.45) is 0.0438. The van der Waals surface area contributed by atoms with Crippen LogP contribution in [0.4, 0.5) is 5.69 Å². The monoisotopic (exact) mass is 382 g/mol. The Morgan fingerprint density at radius 1 is 1.11 bits per heavy atom. The minimum atomic E-state index is -1.03. The number of hydrogen-bond acceptors (Lipinski definition) is 4. The molecule has 2 aromatic rings. The van der Waals surface area contributed by atoms with E-state index in [-0.39, 0.29) is 23.8 Å². The first-order valence-corrected chi connectivity index (χ1v) is 9.04. The van der Waals surface area contributed by atoms with E-state index in [2.05, 4.69) is 5.32 Å². The largest absolute Gasteiger partial charge is 0.478 e. The maximum Gasteiger partial charge on any atom is 0.335 e. The average Bonchev–Trinajstić information content (AvgIpc) is 2.70. The van der Waals surface area contributed by atoms with Crippen LogP contribution in [0.25, 0.3) is 0 Å². The zero-order valence-electron chi connectivity index (χ0n) is 15.6. The molecular formula is C21H22N2O5. The molecule has 0 aliphatic carbocycles. The first-order valence-electron chi connectivity index (χ1n) is 9.04. The fraction of sp³-hybridized carbons (Fsp3) is 0.286. The van der Waals surface area contributed by atoms with Gasteiger partial charge in [-0.25, -0.2) is 4.79 Å². The highest BCUT2D eigenvalue weighted by molar-refractivity contribution is 6.00. The summed E-state index contributed by atoms with van der Waals surface area (Å²) in [6.45, 7) is 3.95. The van der Waals surface area contributed by atoms with E-state index in [0.717, 1.165) is 0 Å². The van der Waals surface area contributed by atoms with Crippen LogP contribution in [-0.4, -0.2) is 54.1 Å². The maximum absolute atomic E-state index is 12.8. The normalized spacial score (nSPS) is 13.8. The zero-order valence-corrected chi connectivity index (χ0v) is 15.6. The molecule has 0 aromatic heterocycles. The molecule has 7 heteroatoms. The van der Waals surface area contributed by atoms with E-state index in [1.165, 1.54) is 12.1 Å². The Morgan fingerprint density at radius 3 is 2.54 bits per heavy atom. The SMILES string of the molecule is Cc1c(NC(=O)Cc2cccc(C(=O)O)c2)cccc1C(=O)N1CCOCC1. The molecule has 1 aliphatic rings. The van der Waals surface area contributed by atoms with Crippen LogP contribution in [0.3, 0.4) is 0 Å². The number of benzene rings is 2. The number of carbonyl (C=O) groups excluding carboxylic acids is 2. The third kappa shape index (κ3) is 4.55. The van der Waals surface area contributed by atoms with Gasteiger partial charge in [0.2, 0.25) is 5.91 Å². The van der Waals surface area contributed by atoms with Crippen LogP contribution in [0.2, 0.25) is 0 Å². The lowest BCUT2D eigenvalue weighted by Crippen LogP contribution is -2.41. The first-order chi connectivity index (χ1) is 13.5. The number of amides is 2. The second kappa shape index (κ2) is 8.67. The van der Waals surface area contributed by atoms with Crippen molar-refractivity contribution in [1.29, 1.82) is 0 Å². The summed E-state index contributed by atoms with van der Waals surface area (Å²) in [4.78, 5) is 38.0. The number of aromatic carboxylic acids is 1. The van der Waals surface area contributed by atoms with Crippen LogP contribution in [0.15, 0.2) is 42.5 Å². The summed E-state index contributed by atoms with van der Waals surface area (Å²) < 4.78 is 5.28. The summed E-state index contributed by atoms with van der Waals surface area (Å²) >= 11 is 0. The molecule has 0 spiro atoms. The molecule has 3 rings (SSSR count). The summed E-state index contributed by atoms with van der Waals surface area (Å²) in [5, 5.41) is 11.9. The number of rotatable bonds is 5. The van der Waals surface area contributed by atoms with E-state index in [1.54, 1.807) is 42.2 Å². The van der Waals surface area contributed by atoms with Crippen molar-refractivity contribution < 1.29 is 24.2 Å². The van der Waals surface area contributed by atoms with Crippen LogP contribution in [0.5, 0.6) is 0 Å². The van der Waals surface area contributed by atoms with Crippen LogP contribution in [-0.2, 0) is 16.0 Å². The van der Waals surface area contributed by atoms with Crippen molar-refractivity contribution in [2.75, 3.05) is 31.6 Å². The number of nitrogens with one attached hydrogen (secondary N) is 1. The average molecular weight is 382 g/mol. The highest BCUT2D eigenvalue weighted by Gasteiger charge is 2.21. The number of anilines is 1. The molecule has 1 saturated heterocycles. The summed E-state index contributed by atoms with van der Waals surface area (Å²) in [7, 11) is 0. The van der Waals surface area contributed by atoms with Gasteiger partial charge in [0.15, 0.2) is 0 Å². The summed E-state index contributed by atoms with van der Waals surface area (Å²) in [5.41, 5.74) is 2.56. The minimum Gasteiger partial charge on any atom is -0.478 e. The van der Waals surface area contributed by atoms with Gasteiger partial charge in [-0.05, 0) is 42.3 Å². The smallest absolute Gasteiger partial charge is 0.335 e. The van der Waals surface area contributed by atoms with E-state index >= 15 is 0 Å². The predicted octanol–water partition coefficient (Wildman–Crippen LogP) is 2.35. The van der Waals surface area contributed by atoms with Crippen LogP contribution < -0.4 is 5.32 Å². The lowest BCUT2D eigenvalue weighted by molar-refractivity contribution is -0.115. The van der Waals surface area contributed by atoms with Gasteiger partial charge in [0.1, 0.15) is 0 Å². The Balaban J connectivity index is 1.72. The van der Waals surface area contributed by atoms with Crippen LogP contribution in [0.1, 0.15) is 31.8 Å². The number of carboxylic acids is 1. The van der Waals surface area contributed by atoms with Crippen LogP contribution >= 0.6 is 0 Å². The number of carboxylic acid groups (broad SMARTS) is 1. The van der Waals surface area contributed by atoms with E-state index in [1.807, 2.05) is 0 Å². The highest BCUT2D eigenvalue weighted by Crippen LogP contribution is 2.21. The third-order valence-electron chi connectivity index (χ3n) is 4.68. The molecule has 2 aromatic carbocycles. The molecule has 1 heterocycles. The molecule has 0 saturated carbocycles. The van der Waals surface area contributed by atoms with Crippen molar-refractivity contribution in [3.63, 3.8) is 0 Å². The molecular weight excluding hydrogens is 360 g/mol. The van der Waals surface area contributed by atoms with Gasteiger partial charge >= 0.3 is 5.97 Å². The predicted molar refractivity (Wildman–Crippen MR) is 104 cm³/mol. The molecule has 1 fully saturated rings.